The molecule has 0 aromatic heterocycles. The molecule has 3 aromatic carbocycles. The predicted octanol–water partition coefficient (Wildman–Crippen LogP) is 5.09. The zero-order valence-electron chi connectivity index (χ0n) is 15.5. The summed E-state index contributed by atoms with van der Waals surface area (Å²) in [7, 11) is 0. The van der Waals surface area contributed by atoms with Gasteiger partial charge in [-0.15, -0.1) is 0 Å². The monoisotopic (exact) mass is 401 g/mol. The zero-order valence-corrected chi connectivity index (χ0v) is 15.5. The fraction of sp³-hybridized carbons (Fsp3) is 0.136. The number of nitrogens with one attached hydrogen (secondary N) is 1. The first-order chi connectivity index (χ1) is 13.9. The summed E-state index contributed by atoms with van der Waals surface area (Å²) in [6.07, 6.45) is -1.00. The maximum atomic E-state index is 13.7. The van der Waals surface area contributed by atoms with Crippen LogP contribution in [0.25, 0.3) is 0 Å². The molecule has 0 bridgehead atoms. The molecular weight excluding hydrogens is 383 g/mol. The molecule has 0 aliphatic rings. The highest BCUT2D eigenvalue weighted by Crippen LogP contribution is 2.22. The summed E-state index contributed by atoms with van der Waals surface area (Å²) >= 11 is 0. The molecule has 0 spiro atoms. The molecule has 1 amide bonds. The highest BCUT2D eigenvalue weighted by atomic mass is 19.2. The maximum Gasteiger partial charge on any atom is 0.265 e. The van der Waals surface area contributed by atoms with Gasteiger partial charge in [-0.3, -0.25) is 4.79 Å². The number of ether oxygens (including phenoxy) is 2. The lowest BCUT2D eigenvalue weighted by molar-refractivity contribution is -0.122. The van der Waals surface area contributed by atoms with E-state index in [0.717, 1.165) is 17.7 Å². The van der Waals surface area contributed by atoms with Crippen molar-refractivity contribution in [2.75, 3.05) is 5.32 Å². The van der Waals surface area contributed by atoms with Gasteiger partial charge in [0.05, 0.1) is 5.69 Å². The number of halogens is 3. The molecule has 150 valence electrons. The van der Waals surface area contributed by atoms with Gasteiger partial charge in [-0.1, -0.05) is 30.3 Å². The first kappa shape index (κ1) is 20.3. The van der Waals surface area contributed by atoms with Crippen LogP contribution in [0.3, 0.4) is 0 Å². The topological polar surface area (TPSA) is 47.6 Å². The maximum absolute atomic E-state index is 13.7. The van der Waals surface area contributed by atoms with Gasteiger partial charge in [0.25, 0.3) is 5.91 Å². The van der Waals surface area contributed by atoms with Crippen molar-refractivity contribution in [1.82, 2.24) is 0 Å². The number of anilines is 1. The van der Waals surface area contributed by atoms with E-state index in [1.54, 1.807) is 24.3 Å². The Morgan fingerprint density at radius 2 is 1.55 bits per heavy atom. The molecule has 3 rings (SSSR count). The van der Waals surface area contributed by atoms with E-state index in [4.69, 9.17) is 9.47 Å². The smallest absolute Gasteiger partial charge is 0.265 e. The Morgan fingerprint density at radius 1 is 0.897 bits per heavy atom. The fourth-order valence-electron chi connectivity index (χ4n) is 2.47. The van der Waals surface area contributed by atoms with Crippen LogP contribution >= 0.6 is 0 Å². The van der Waals surface area contributed by atoms with Crippen LogP contribution in [0.5, 0.6) is 11.5 Å². The summed E-state index contributed by atoms with van der Waals surface area (Å²) in [6, 6.07) is 18.0. The first-order valence-corrected chi connectivity index (χ1v) is 8.82. The summed E-state index contributed by atoms with van der Waals surface area (Å²) in [6.45, 7) is 1.87. The van der Waals surface area contributed by atoms with Gasteiger partial charge in [-0.05, 0) is 48.9 Å². The quantitative estimate of drug-likeness (QED) is 0.561. The Labute approximate surface area is 165 Å². The molecular formula is C22H18F3NO3. The van der Waals surface area contributed by atoms with Gasteiger partial charge >= 0.3 is 0 Å². The molecule has 0 aliphatic carbocycles. The van der Waals surface area contributed by atoms with Crippen molar-refractivity contribution in [1.29, 1.82) is 0 Å². The van der Waals surface area contributed by atoms with Gasteiger partial charge in [0.15, 0.2) is 23.6 Å². The normalized spacial score (nSPS) is 11.6. The zero-order chi connectivity index (χ0) is 20.8. The first-order valence-electron chi connectivity index (χ1n) is 8.82. The van der Waals surface area contributed by atoms with Crippen LogP contribution in [0.2, 0.25) is 0 Å². The highest BCUT2D eigenvalue weighted by molar-refractivity contribution is 5.94. The van der Waals surface area contributed by atoms with Crippen molar-refractivity contribution in [2.45, 2.75) is 19.6 Å². The van der Waals surface area contributed by atoms with Gasteiger partial charge in [0, 0.05) is 0 Å². The number of amides is 1. The van der Waals surface area contributed by atoms with Gasteiger partial charge < -0.3 is 14.8 Å². The molecule has 0 fully saturated rings. The molecule has 0 heterocycles. The lowest BCUT2D eigenvalue weighted by Gasteiger charge is -2.15. The third-order valence-electron chi connectivity index (χ3n) is 4.05. The number of benzene rings is 3. The average molecular weight is 401 g/mol. The van der Waals surface area contributed by atoms with Gasteiger partial charge in [0.1, 0.15) is 18.1 Å². The second-order valence-corrected chi connectivity index (χ2v) is 6.22. The number of hydrogen-bond acceptors (Lipinski definition) is 3. The SMILES string of the molecule is C[C@H](Oc1ccc(OCc2ccccc2)cc1)C(=O)Nc1ccc(F)c(F)c1F. The third kappa shape index (κ3) is 5.28. The number of rotatable bonds is 7. The van der Waals surface area contributed by atoms with Crippen LogP contribution in [0, 0.1) is 17.5 Å². The lowest BCUT2D eigenvalue weighted by Crippen LogP contribution is -2.30. The van der Waals surface area contributed by atoms with E-state index in [9.17, 15) is 18.0 Å². The minimum Gasteiger partial charge on any atom is -0.489 e. The molecule has 1 atom stereocenters. The number of carbonyl (C=O) groups excluding carboxylic acids is 1. The van der Waals surface area contributed by atoms with Crippen LogP contribution in [-0.2, 0) is 11.4 Å². The van der Waals surface area contributed by atoms with Gasteiger partial charge in [-0.2, -0.15) is 0 Å². The van der Waals surface area contributed by atoms with E-state index in [1.165, 1.54) is 6.92 Å². The van der Waals surface area contributed by atoms with Crippen LogP contribution in [-0.4, -0.2) is 12.0 Å². The van der Waals surface area contributed by atoms with Crippen molar-refractivity contribution >= 4 is 11.6 Å². The third-order valence-corrected chi connectivity index (χ3v) is 4.05. The Balaban J connectivity index is 1.55. The van der Waals surface area contributed by atoms with E-state index in [2.05, 4.69) is 5.32 Å². The summed E-state index contributed by atoms with van der Waals surface area (Å²) in [4.78, 5) is 12.1. The van der Waals surface area contributed by atoms with E-state index in [1.807, 2.05) is 30.3 Å². The molecule has 3 aromatic rings. The van der Waals surface area contributed by atoms with Crippen LogP contribution in [0.15, 0.2) is 66.7 Å². The van der Waals surface area contributed by atoms with E-state index in [0.29, 0.717) is 18.1 Å². The minimum atomic E-state index is -1.65. The van der Waals surface area contributed by atoms with Gasteiger partial charge in [-0.25, -0.2) is 13.2 Å². The molecule has 0 saturated heterocycles. The summed E-state index contributed by atoms with van der Waals surface area (Å²) in [5.41, 5.74) is 0.566. The minimum absolute atomic E-state index is 0.394. The average Bonchev–Trinajstić information content (AvgIpc) is 2.74. The van der Waals surface area contributed by atoms with Crippen molar-refractivity contribution < 1.29 is 27.4 Å². The molecule has 7 heteroatoms. The molecule has 0 unspecified atom stereocenters. The predicted molar refractivity (Wildman–Crippen MR) is 102 cm³/mol. The molecule has 29 heavy (non-hydrogen) atoms. The molecule has 4 nitrogen and oxygen atoms in total. The molecule has 0 aliphatic heterocycles. The van der Waals surface area contributed by atoms with Crippen LogP contribution < -0.4 is 14.8 Å². The van der Waals surface area contributed by atoms with Crippen molar-refractivity contribution in [3.63, 3.8) is 0 Å². The Kier molecular flexibility index (Phi) is 6.39. The molecule has 0 radical (unpaired) electrons. The van der Waals surface area contributed by atoms with Gasteiger partial charge in [0.2, 0.25) is 0 Å². The molecule has 0 saturated carbocycles. The van der Waals surface area contributed by atoms with Crippen molar-refractivity contribution in [3.8, 4) is 11.5 Å². The number of hydrogen-bond donors (Lipinski definition) is 1. The van der Waals surface area contributed by atoms with Crippen LogP contribution in [0.4, 0.5) is 18.9 Å². The Bertz CT molecular complexity index is 979. The fourth-order valence-corrected chi connectivity index (χ4v) is 2.47. The molecule has 1 N–H and O–H groups in total. The van der Waals surface area contributed by atoms with Crippen molar-refractivity contribution in [3.05, 3.63) is 89.7 Å². The summed E-state index contributed by atoms with van der Waals surface area (Å²) in [5.74, 6) is -4.14. The van der Waals surface area contributed by atoms with E-state index >= 15 is 0 Å². The van der Waals surface area contributed by atoms with Crippen molar-refractivity contribution in [2.24, 2.45) is 0 Å². The summed E-state index contributed by atoms with van der Waals surface area (Å²) < 4.78 is 51.1. The summed E-state index contributed by atoms with van der Waals surface area (Å²) in [5, 5.41) is 2.18. The van der Waals surface area contributed by atoms with Crippen LogP contribution in [0.1, 0.15) is 12.5 Å². The standard InChI is InChI=1S/C22H18F3NO3/c1-14(22(27)26-19-12-11-18(23)20(24)21(19)25)29-17-9-7-16(8-10-17)28-13-15-5-3-2-4-6-15/h2-12,14H,13H2,1H3,(H,26,27)/t14-/m0/s1. The second kappa shape index (κ2) is 9.14. The van der Waals surface area contributed by atoms with E-state index < -0.39 is 35.2 Å². The Morgan fingerprint density at radius 3 is 2.24 bits per heavy atom. The highest BCUT2D eigenvalue weighted by Gasteiger charge is 2.19. The number of carbonyl (C=O) groups is 1. The lowest BCUT2D eigenvalue weighted by atomic mass is 10.2. The Hall–Kier alpha value is -3.48. The van der Waals surface area contributed by atoms with E-state index in [-0.39, 0.29) is 0 Å². The second-order valence-electron chi connectivity index (χ2n) is 6.22. The largest absolute Gasteiger partial charge is 0.489 e.